The van der Waals surface area contributed by atoms with Crippen molar-refractivity contribution in [2.24, 2.45) is 0 Å². The van der Waals surface area contributed by atoms with Crippen LogP contribution in [0, 0.1) is 22.9 Å². The van der Waals surface area contributed by atoms with E-state index >= 15 is 0 Å². The average molecular weight is 353 g/mol. The minimum atomic E-state index is -0.856. The number of rotatable bonds is 3. The molecule has 2 rings (SSSR count). The van der Waals surface area contributed by atoms with Crippen molar-refractivity contribution in [2.45, 2.75) is 6.92 Å². The summed E-state index contributed by atoms with van der Waals surface area (Å²) >= 11 is 3.26. The van der Waals surface area contributed by atoms with Gasteiger partial charge in [0, 0.05) is 16.1 Å². The van der Waals surface area contributed by atoms with Crippen molar-refractivity contribution in [2.75, 3.05) is 5.32 Å². The van der Waals surface area contributed by atoms with Crippen LogP contribution >= 0.6 is 15.9 Å². The van der Waals surface area contributed by atoms with Crippen LogP contribution in [0.1, 0.15) is 15.9 Å². The Hall–Kier alpha value is -2.28. The number of benzene rings is 2. The molecule has 7 heteroatoms. The Labute approximate surface area is 128 Å². The molecule has 0 atom stereocenters. The number of aryl methyl sites for hydroxylation is 1. The van der Waals surface area contributed by atoms with E-state index in [0.29, 0.717) is 5.56 Å². The van der Waals surface area contributed by atoms with Crippen LogP contribution in [0.15, 0.2) is 40.9 Å². The number of non-ortho nitro benzene ring substituents is 1. The summed E-state index contributed by atoms with van der Waals surface area (Å²) in [5, 5.41) is 12.9. The summed E-state index contributed by atoms with van der Waals surface area (Å²) in [5.74, 6) is -1.34. The van der Waals surface area contributed by atoms with Crippen LogP contribution in [0.4, 0.5) is 15.8 Å². The maximum atomic E-state index is 13.7. The Morgan fingerprint density at radius 1 is 1.29 bits per heavy atom. The largest absolute Gasteiger partial charge is 0.319 e. The number of halogens is 2. The molecule has 2 aromatic carbocycles. The summed E-state index contributed by atoms with van der Waals surface area (Å²) < 4.78 is 14.5. The number of amides is 1. The monoisotopic (exact) mass is 352 g/mol. The molecule has 108 valence electrons. The summed E-state index contributed by atoms with van der Waals surface area (Å²) in [6.45, 7) is 1.76. The third-order valence-corrected chi connectivity index (χ3v) is 3.35. The first kappa shape index (κ1) is 15.1. The third kappa shape index (κ3) is 3.43. The molecule has 0 fully saturated rings. The summed E-state index contributed by atoms with van der Waals surface area (Å²) in [4.78, 5) is 22.0. The van der Waals surface area contributed by atoms with Crippen LogP contribution in [-0.4, -0.2) is 10.8 Å². The van der Waals surface area contributed by atoms with Crippen molar-refractivity contribution < 1.29 is 14.1 Å². The molecular formula is C14H10BrFN2O3. The number of hydrogen-bond donors (Lipinski definition) is 1. The normalized spacial score (nSPS) is 10.2. The molecule has 0 saturated carbocycles. The van der Waals surface area contributed by atoms with Gasteiger partial charge in [-0.1, -0.05) is 22.0 Å². The van der Waals surface area contributed by atoms with Gasteiger partial charge in [0.25, 0.3) is 11.6 Å². The maximum Gasteiger partial charge on any atom is 0.272 e. The van der Waals surface area contributed by atoms with Crippen LogP contribution in [0.25, 0.3) is 0 Å². The molecule has 0 spiro atoms. The van der Waals surface area contributed by atoms with Crippen LogP contribution in [0.2, 0.25) is 0 Å². The Kier molecular flexibility index (Phi) is 4.32. The number of hydrogen-bond acceptors (Lipinski definition) is 3. The van der Waals surface area contributed by atoms with Gasteiger partial charge in [-0.15, -0.1) is 0 Å². The van der Waals surface area contributed by atoms with Crippen molar-refractivity contribution in [3.05, 3.63) is 67.9 Å². The zero-order valence-electron chi connectivity index (χ0n) is 10.9. The standard InChI is InChI=1S/C14H10BrFN2O3/c1-8-2-3-9(15)6-11(8)14(19)17-13-5-4-10(18(20)21)7-12(13)16/h2-7H,1H3,(H,17,19). The SMILES string of the molecule is Cc1ccc(Br)cc1C(=O)Nc1ccc([N+](=O)[O-])cc1F. The van der Waals surface area contributed by atoms with Crippen LogP contribution < -0.4 is 5.32 Å². The molecule has 0 aromatic heterocycles. The Bertz CT molecular complexity index is 734. The Morgan fingerprint density at radius 2 is 2.00 bits per heavy atom. The van der Waals surface area contributed by atoms with Crippen LogP contribution in [-0.2, 0) is 0 Å². The number of carbonyl (C=O) groups excluding carboxylic acids is 1. The third-order valence-electron chi connectivity index (χ3n) is 2.86. The first-order valence-electron chi connectivity index (χ1n) is 5.90. The zero-order valence-corrected chi connectivity index (χ0v) is 12.5. The fourth-order valence-corrected chi connectivity index (χ4v) is 2.11. The van der Waals surface area contributed by atoms with E-state index in [9.17, 15) is 19.3 Å². The fraction of sp³-hybridized carbons (Fsp3) is 0.0714. The lowest BCUT2D eigenvalue weighted by molar-refractivity contribution is -0.385. The number of nitro benzene ring substituents is 1. The molecule has 0 aliphatic carbocycles. The van der Waals surface area contributed by atoms with Gasteiger partial charge >= 0.3 is 0 Å². The van der Waals surface area contributed by atoms with Gasteiger partial charge in [-0.3, -0.25) is 14.9 Å². The highest BCUT2D eigenvalue weighted by molar-refractivity contribution is 9.10. The number of anilines is 1. The van der Waals surface area contributed by atoms with Crippen LogP contribution in [0.5, 0.6) is 0 Å². The van der Waals surface area contributed by atoms with Crippen molar-refractivity contribution in [1.29, 1.82) is 0 Å². The molecule has 5 nitrogen and oxygen atoms in total. The van der Waals surface area contributed by atoms with E-state index in [-0.39, 0.29) is 11.4 Å². The van der Waals surface area contributed by atoms with Gasteiger partial charge in [0.2, 0.25) is 0 Å². The van der Waals surface area contributed by atoms with Gasteiger partial charge < -0.3 is 5.32 Å². The number of nitro groups is 1. The molecule has 21 heavy (non-hydrogen) atoms. The second-order valence-corrected chi connectivity index (χ2v) is 5.25. The van der Waals surface area contributed by atoms with Gasteiger partial charge in [0.15, 0.2) is 5.82 Å². The Balaban J connectivity index is 2.27. The smallest absolute Gasteiger partial charge is 0.272 e. The van der Waals surface area contributed by atoms with E-state index in [4.69, 9.17) is 0 Å². The quantitative estimate of drug-likeness (QED) is 0.668. The molecule has 0 saturated heterocycles. The number of nitrogens with one attached hydrogen (secondary N) is 1. The van der Waals surface area contributed by atoms with E-state index in [1.807, 2.05) is 0 Å². The van der Waals surface area contributed by atoms with Crippen LogP contribution in [0.3, 0.4) is 0 Å². The van der Waals surface area contributed by atoms with Crippen molar-refractivity contribution >= 4 is 33.2 Å². The molecule has 2 aromatic rings. The molecule has 0 radical (unpaired) electrons. The highest BCUT2D eigenvalue weighted by Gasteiger charge is 2.15. The van der Waals surface area contributed by atoms with E-state index in [1.165, 1.54) is 6.07 Å². The van der Waals surface area contributed by atoms with Gasteiger partial charge in [-0.25, -0.2) is 4.39 Å². The summed E-state index contributed by atoms with van der Waals surface area (Å²) in [6, 6.07) is 8.23. The minimum absolute atomic E-state index is 0.107. The molecule has 0 bridgehead atoms. The van der Waals surface area contributed by atoms with Crippen molar-refractivity contribution in [1.82, 2.24) is 0 Å². The summed E-state index contributed by atoms with van der Waals surface area (Å²) in [5.41, 5.74) is 0.647. The molecule has 0 aliphatic rings. The second-order valence-electron chi connectivity index (χ2n) is 4.33. The van der Waals surface area contributed by atoms with E-state index in [1.54, 1.807) is 25.1 Å². The highest BCUT2D eigenvalue weighted by Crippen LogP contribution is 2.22. The fourth-order valence-electron chi connectivity index (χ4n) is 1.75. The maximum absolute atomic E-state index is 13.7. The first-order chi connectivity index (χ1) is 9.88. The van der Waals surface area contributed by atoms with E-state index in [0.717, 1.165) is 22.2 Å². The van der Waals surface area contributed by atoms with Crippen molar-refractivity contribution in [3.63, 3.8) is 0 Å². The molecule has 0 heterocycles. The lowest BCUT2D eigenvalue weighted by Crippen LogP contribution is -2.14. The molecular weight excluding hydrogens is 343 g/mol. The highest BCUT2D eigenvalue weighted by atomic mass is 79.9. The topological polar surface area (TPSA) is 72.2 Å². The zero-order chi connectivity index (χ0) is 15.6. The van der Waals surface area contributed by atoms with Gasteiger partial charge in [-0.2, -0.15) is 0 Å². The molecule has 1 amide bonds. The predicted molar refractivity (Wildman–Crippen MR) is 79.9 cm³/mol. The summed E-state index contributed by atoms with van der Waals surface area (Å²) in [6.07, 6.45) is 0. The van der Waals surface area contributed by atoms with Crippen molar-refractivity contribution in [3.8, 4) is 0 Å². The lowest BCUT2D eigenvalue weighted by atomic mass is 10.1. The molecule has 1 N–H and O–H groups in total. The van der Waals surface area contributed by atoms with Gasteiger partial charge in [-0.05, 0) is 30.7 Å². The van der Waals surface area contributed by atoms with Gasteiger partial charge in [0.05, 0.1) is 16.7 Å². The summed E-state index contributed by atoms with van der Waals surface area (Å²) in [7, 11) is 0. The predicted octanol–water partition coefficient (Wildman–Crippen LogP) is 4.06. The lowest BCUT2D eigenvalue weighted by Gasteiger charge is -2.09. The van der Waals surface area contributed by atoms with E-state index in [2.05, 4.69) is 21.2 Å². The first-order valence-corrected chi connectivity index (χ1v) is 6.69. The Morgan fingerprint density at radius 3 is 2.62 bits per heavy atom. The minimum Gasteiger partial charge on any atom is -0.319 e. The molecule has 0 aliphatic heterocycles. The van der Waals surface area contributed by atoms with E-state index < -0.39 is 16.6 Å². The average Bonchev–Trinajstić information content (AvgIpc) is 2.43. The van der Waals surface area contributed by atoms with Gasteiger partial charge in [0.1, 0.15) is 0 Å². The second kappa shape index (κ2) is 6.01. The number of carbonyl (C=O) groups is 1. The molecule has 0 unspecified atom stereocenters. The number of nitrogens with zero attached hydrogens (tertiary/aromatic N) is 1.